The van der Waals surface area contributed by atoms with Gasteiger partial charge in [-0.1, -0.05) is 0 Å². The topological polar surface area (TPSA) is 22.1 Å². The van der Waals surface area contributed by atoms with Crippen molar-refractivity contribution >= 4 is 11.8 Å². The molecule has 1 saturated carbocycles. The van der Waals surface area contributed by atoms with E-state index in [9.17, 15) is 4.39 Å². The van der Waals surface area contributed by atoms with Crippen LogP contribution in [-0.2, 0) is 0 Å². The first-order chi connectivity index (χ1) is 6.31. The van der Waals surface area contributed by atoms with Crippen LogP contribution in [0.2, 0.25) is 0 Å². The molecule has 0 aliphatic heterocycles. The number of rotatable bonds is 3. The normalized spacial score (nSPS) is 15.8. The molecule has 0 unspecified atom stereocenters. The zero-order chi connectivity index (χ0) is 9.26. The number of hydrogen-bond acceptors (Lipinski definition) is 3. The van der Waals surface area contributed by atoms with Gasteiger partial charge in [0.25, 0.3) is 0 Å². The Kier molecular flexibility index (Phi) is 2.40. The second kappa shape index (κ2) is 3.54. The highest BCUT2D eigenvalue weighted by Crippen LogP contribution is 2.30. The van der Waals surface area contributed by atoms with E-state index >= 15 is 0 Å². The highest BCUT2D eigenvalue weighted by Gasteiger charge is 2.25. The zero-order valence-electron chi connectivity index (χ0n) is 7.29. The Morgan fingerprint density at radius 2 is 2.38 bits per heavy atom. The second-order valence-electron chi connectivity index (χ2n) is 2.95. The summed E-state index contributed by atoms with van der Waals surface area (Å²) >= 11 is 1.29. The van der Waals surface area contributed by atoms with Crippen LogP contribution in [0.15, 0.2) is 17.3 Å². The van der Waals surface area contributed by atoms with E-state index in [4.69, 9.17) is 4.74 Å². The van der Waals surface area contributed by atoms with Crippen LogP contribution in [0.4, 0.5) is 4.39 Å². The first-order valence-corrected chi connectivity index (χ1v) is 5.39. The van der Waals surface area contributed by atoms with E-state index in [0.717, 1.165) is 12.8 Å². The third kappa shape index (κ3) is 1.94. The van der Waals surface area contributed by atoms with Gasteiger partial charge in [0.05, 0.1) is 6.10 Å². The lowest BCUT2D eigenvalue weighted by Crippen LogP contribution is -1.99. The molecule has 2 rings (SSSR count). The van der Waals surface area contributed by atoms with Gasteiger partial charge < -0.3 is 4.74 Å². The summed E-state index contributed by atoms with van der Waals surface area (Å²) in [6, 6.07) is 1.58. The minimum atomic E-state index is -0.332. The fraction of sp³-hybridized carbons (Fsp3) is 0.444. The Morgan fingerprint density at radius 3 is 3.00 bits per heavy atom. The molecule has 0 N–H and O–H groups in total. The number of pyridine rings is 1. The lowest BCUT2D eigenvalue weighted by Gasteiger charge is -2.06. The molecule has 0 atom stereocenters. The molecule has 0 aromatic carbocycles. The molecule has 70 valence electrons. The number of aromatic nitrogens is 1. The van der Waals surface area contributed by atoms with Gasteiger partial charge in [-0.25, -0.2) is 4.98 Å². The van der Waals surface area contributed by atoms with Crippen LogP contribution < -0.4 is 4.74 Å². The van der Waals surface area contributed by atoms with Gasteiger partial charge in [-0.15, -0.1) is 11.8 Å². The molecular weight excluding hydrogens is 189 g/mol. The third-order valence-electron chi connectivity index (χ3n) is 1.83. The summed E-state index contributed by atoms with van der Waals surface area (Å²) < 4.78 is 18.8. The Hall–Kier alpha value is -0.770. The predicted molar refractivity (Wildman–Crippen MR) is 49.6 cm³/mol. The van der Waals surface area contributed by atoms with E-state index < -0.39 is 0 Å². The summed E-state index contributed by atoms with van der Waals surface area (Å²) in [6.45, 7) is 0. The summed E-state index contributed by atoms with van der Waals surface area (Å²) in [5, 5.41) is 0.401. The van der Waals surface area contributed by atoms with E-state index in [1.807, 2.05) is 0 Å². The summed E-state index contributed by atoms with van der Waals surface area (Å²) in [5.41, 5.74) is 0. The number of thioether (sulfide) groups is 1. The van der Waals surface area contributed by atoms with E-state index in [1.54, 1.807) is 18.5 Å². The number of ether oxygens (including phenoxy) is 1. The average Bonchev–Trinajstić information content (AvgIpc) is 2.92. The van der Waals surface area contributed by atoms with Crippen LogP contribution in [0.3, 0.4) is 0 Å². The second-order valence-corrected chi connectivity index (χ2v) is 3.74. The molecule has 0 spiro atoms. The van der Waals surface area contributed by atoms with Crippen molar-refractivity contribution in [2.75, 3.05) is 6.26 Å². The van der Waals surface area contributed by atoms with Gasteiger partial charge in [-0.05, 0) is 19.1 Å². The third-order valence-corrected chi connectivity index (χ3v) is 2.50. The minimum Gasteiger partial charge on any atom is -0.487 e. The molecule has 4 heteroatoms. The van der Waals surface area contributed by atoms with Crippen LogP contribution in [0.1, 0.15) is 12.8 Å². The van der Waals surface area contributed by atoms with E-state index in [0.29, 0.717) is 10.8 Å². The highest BCUT2D eigenvalue weighted by molar-refractivity contribution is 7.98. The Labute approximate surface area is 80.5 Å². The smallest absolute Gasteiger partial charge is 0.197 e. The molecule has 1 aromatic heterocycles. The number of hydrogen-bond donors (Lipinski definition) is 0. The fourth-order valence-corrected chi connectivity index (χ4v) is 1.45. The van der Waals surface area contributed by atoms with Gasteiger partial charge in [0.1, 0.15) is 5.03 Å². The predicted octanol–water partition coefficient (Wildman–Crippen LogP) is 2.48. The largest absolute Gasteiger partial charge is 0.487 e. The fourth-order valence-electron chi connectivity index (χ4n) is 1.01. The summed E-state index contributed by atoms with van der Waals surface area (Å²) in [6.07, 6.45) is 5.68. The van der Waals surface area contributed by atoms with Gasteiger partial charge in [0.2, 0.25) is 0 Å². The van der Waals surface area contributed by atoms with Crippen LogP contribution in [0, 0.1) is 5.82 Å². The molecule has 1 aliphatic carbocycles. The minimum absolute atomic E-state index is 0.228. The summed E-state index contributed by atoms with van der Waals surface area (Å²) in [5.74, 6) is 0.00347. The quantitative estimate of drug-likeness (QED) is 0.698. The van der Waals surface area contributed by atoms with Crippen LogP contribution in [0.25, 0.3) is 0 Å². The SMILES string of the molecule is CSc1nccc(OC2CC2)c1F. The zero-order valence-corrected chi connectivity index (χ0v) is 8.10. The van der Waals surface area contributed by atoms with Crippen LogP contribution >= 0.6 is 11.8 Å². The van der Waals surface area contributed by atoms with Crippen molar-refractivity contribution in [3.05, 3.63) is 18.1 Å². The van der Waals surface area contributed by atoms with Crippen LogP contribution in [-0.4, -0.2) is 17.3 Å². The van der Waals surface area contributed by atoms with Crippen molar-refractivity contribution in [3.63, 3.8) is 0 Å². The van der Waals surface area contributed by atoms with Gasteiger partial charge in [0.15, 0.2) is 11.6 Å². The molecule has 0 saturated heterocycles. The first-order valence-electron chi connectivity index (χ1n) is 4.16. The van der Waals surface area contributed by atoms with E-state index in [1.165, 1.54) is 11.8 Å². The van der Waals surface area contributed by atoms with Crippen molar-refractivity contribution in [3.8, 4) is 5.75 Å². The molecule has 0 bridgehead atoms. The monoisotopic (exact) mass is 199 g/mol. The van der Waals surface area contributed by atoms with Gasteiger partial charge in [-0.2, -0.15) is 4.39 Å². The van der Waals surface area contributed by atoms with Gasteiger partial charge in [-0.3, -0.25) is 0 Å². The van der Waals surface area contributed by atoms with E-state index in [-0.39, 0.29) is 11.9 Å². The summed E-state index contributed by atoms with van der Waals surface area (Å²) in [4.78, 5) is 3.89. The number of nitrogens with zero attached hydrogens (tertiary/aromatic N) is 1. The molecule has 1 fully saturated rings. The molecule has 1 aromatic rings. The Balaban J connectivity index is 2.22. The van der Waals surface area contributed by atoms with Gasteiger partial charge >= 0.3 is 0 Å². The molecular formula is C9H10FNOS. The molecule has 0 radical (unpaired) electrons. The molecule has 0 amide bonds. The molecule has 1 heterocycles. The summed E-state index contributed by atoms with van der Waals surface area (Å²) in [7, 11) is 0. The maximum atomic E-state index is 13.5. The lowest BCUT2D eigenvalue weighted by atomic mass is 10.4. The van der Waals surface area contributed by atoms with Crippen LogP contribution in [0.5, 0.6) is 5.75 Å². The van der Waals surface area contributed by atoms with Gasteiger partial charge in [0, 0.05) is 12.3 Å². The maximum Gasteiger partial charge on any atom is 0.197 e. The Bertz CT molecular complexity index is 314. The molecule has 1 aliphatic rings. The maximum absolute atomic E-state index is 13.5. The molecule has 13 heavy (non-hydrogen) atoms. The van der Waals surface area contributed by atoms with Crippen molar-refractivity contribution in [2.24, 2.45) is 0 Å². The van der Waals surface area contributed by atoms with Crippen molar-refractivity contribution in [1.82, 2.24) is 4.98 Å². The number of halogens is 1. The first kappa shape index (κ1) is 8.81. The molecule has 2 nitrogen and oxygen atoms in total. The average molecular weight is 199 g/mol. The van der Waals surface area contributed by atoms with Crippen molar-refractivity contribution < 1.29 is 9.13 Å². The lowest BCUT2D eigenvalue weighted by molar-refractivity contribution is 0.284. The highest BCUT2D eigenvalue weighted by atomic mass is 32.2. The Morgan fingerprint density at radius 1 is 1.62 bits per heavy atom. The van der Waals surface area contributed by atoms with Crippen molar-refractivity contribution in [1.29, 1.82) is 0 Å². The standard InChI is InChI=1S/C9H10FNOS/c1-13-9-8(10)7(4-5-11-9)12-6-2-3-6/h4-6H,2-3H2,1H3. The van der Waals surface area contributed by atoms with E-state index in [2.05, 4.69) is 4.98 Å². The van der Waals surface area contributed by atoms with Crippen molar-refractivity contribution in [2.45, 2.75) is 24.0 Å².